The van der Waals surface area contributed by atoms with Crippen molar-refractivity contribution < 1.29 is 14.3 Å². The molecule has 1 aromatic heterocycles. The summed E-state index contributed by atoms with van der Waals surface area (Å²) in [5.41, 5.74) is 1.11. The van der Waals surface area contributed by atoms with Crippen LogP contribution in [0.25, 0.3) is 11.4 Å². The summed E-state index contributed by atoms with van der Waals surface area (Å²) in [6, 6.07) is 18.2. The molecule has 2 aromatic carbocycles. The van der Waals surface area contributed by atoms with E-state index in [4.69, 9.17) is 9.72 Å². The van der Waals surface area contributed by atoms with E-state index in [1.165, 1.54) is 0 Å². The molecule has 0 saturated carbocycles. The summed E-state index contributed by atoms with van der Waals surface area (Å²) < 4.78 is 5.31. The van der Waals surface area contributed by atoms with Gasteiger partial charge in [-0.15, -0.1) is 0 Å². The maximum absolute atomic E-state index is 13.5. The molecular formula is C26H28N4O3. The number of hydrogen-bond donors (Lipinski definition) is 1. The van der Waals surface area contributed by atoms with Crippen molar-refractivity contribution in [2.24, 2.45) is 0 Å². The first-order chi connectivity index (χ1) is 15.9. The molecule has 7 nitrogen and oxygen atoms in total. The van der Waals surface area contributed by atoms with Crippen LogP contribution in [0.4, 0.5) is 0 Å². The number of methoxy groups -OCH3 is 1. The van der Waals surface area contributed by atoms with Gasteiger partial charge in [0, 0.05) is 23.9 Å². The van der Waals surface area contributed by atoms with Gasteiger partial charge < -0.3 is 15.0 Å². The van der Waals surface area contributed by atoms with Crippen molar-refractivity contribution in [3.05, 3.63) is 78.1 Å². The molecule has 170 valence electrons. The van der Waals surface area contributed by atoms with Crippen LogP contribution in [0.3, 0.4) is 0 Å². The molecular weight excluding hydrogens is 416 g/mol. The number of nitrogens with zero attached hydrogens (tertiary/aromatic N) is 3. The summed E-state index contributed by atoms with van der Waals surface area (Å²) in [6.45, 7) is 4.10. The maximum atomic E-state index is 13.5. The predicted octanol–water partition coefficient (Wildman–Crippen LogP) is 4.02. The lowest BCUT2D eigenvalue weighted by Gasteiger charge is -2.33. The van der Waals surface area contributed by atoms with Crippen LogP contribution in [0, 0.1) is 0 Å². The van der Waals surface area contributed by atoms with Crippen molar-refractivity contribution in [3.8, 4) is 17.1 Å². The molecule has 0 aliphatic carbocycles. The zero-order valence-electron chi connectivity index (χ0n) is 19.1. The Morgan fingerprint density at radius 1 is 1.09 bits per heavy atom. The van der Waals surface area contributed by atoms with Crippen molar-refractivity contribution in [1.29, 1.82) is 0 Å². The quantitative estimate of drug-likeness (QED) is 0.621. The van der Waals surface area contributed by atoms with Crippen LogP contribution < -0.4 is 10.1 Å². The third-order valence-electron chi connectivity index (χ3n) is 5.86. The average molecular weight is 445 g/mol. The monoisotopic (exact) mass is 444 g/mol. The molecule has 1 aliphatic rings. The highest BCUT2D eigenvalue weighted by molar-refractivity contribution is 5.99. The number of hydrogen-bond acceptors (Lipinski definition) is 5. The minimum Gasteiger partial charge on any atom is -0.497 e. The first-order valence-corrected chi connectivity index (χ1v) is 11.0. The number of ether oxygens (including phenoxy) is 1. The lowest BCUT2D eigenvalue weighted by Crippen LogP contribution is -2.55. The third-order valence-corrected chi connectivity index (χ3v) is 5.86. The van der Waals surface area contributed by atoms with Gasteiger partial charge in [-0.25, -0.2) is 9.97 Å². The third kappa shape index (κ3) is 4.87. The maximum Gasteiger partial charge on any atom is 0.252 e. The van der Waals surface area contributed by atoms with Gasteiger partial charge in [0.1, 0.15) is 11.3 Å². The average Bonchev–Trinajstić information content (AvgIpc) is 3.34. The van der Waals surface area contributed by atoms with Gasteiger partial charge in [-0.2, -0.15) is 0 Å². The van der Waals surface area contributed by atoms with E-state index in [1.54, 1.807) is 51.4 Å². The topological polar surface area (TPSA) is 84.4 Å². The lowest BCUT2D eigenvalue weighted by molar-refractivity contribution is -0.137. The second-order valence-corrected chi connectivity index (χ2v) is 8.64. The van der Waals surface area contributed by atoms with Crippen LogP contribution in [0.15, 0.2) is 66.9 Å². The Bertz CT molecular complexity index is 1150. The summed E-state index contributed by atoms with van der Waals surface area (Å²) in [5, 5.41) is 2.89. The van der Waals surface area contributed by atoms with Gasteiger partial charge in [0.2, 0.25) is 5.91 Å². The van der Waals surface area contributed by atoms with Gasteiger partial charge in [0.25, 0.3) is 5.91 Å². The Labute approximate surface area is 193 Å². The summed E-state index contributed by atoms with van der Waals surface area (Å²) >= 11 is 0. The Morgan fingerprint density at radius 3 is 2.64 bits per heavy atom. The highest BCUT2D eigenvalue weighted by Gasteiger charge is 2.40. The number of benzene rings is 2. The van der Waals surface area contributed by atoms with E-state index in [2.05, 4.69) is 10.3 Å². The Balaban J connectivity index is 1.55. The molecule has 0 radical (unpaired) electrons. The standard InChI is InChI=1S/C26H28N4O3/c1-26(2,29-24(31)18-9-5-4-6-10-18)25(32)30-16-8-13-22(30)21-14-15-27-23(28-21)19-11-7-12-20(17-19)33-3/h4-7,9-12,14-15,17,22H,8,13,16H2,1-3H3,(H,29,31)/t22-/m0/s1. The fourth-order valence-corrected chi connectivity index (χ4v) is 4.13. The van der Waals surface area contributed by atoms with Gasteiger partial charge in [0.15, 0.2) is 5.82 Å². The number of carbonyl (C=O) groups is 2. The van der Waals surface area contributed by atoms with Crippen LogP contribution >= 0.6 is 0 Å². The highest BCUT2D eigenvalue weighted by atomic mass is 16.5. The molecule has 3 aromatic rings. The van der Waals surface area contributed by atoms with E-state index >= 15 is 0 Å². The smallest absolute Gasteiger partial charge is 0.252 e. The predicted molar refractivity (Wildman–Crippen MR) is 126 cm³/mol. The van der Waals surface area contributed by atoms with Crippen LogP contribution in [-0.4, -0.2) is 45.9 Å². The van der Waals surface area contributed by atoms with E-state index in [1.807, 2.05) is 41.3 Å². The van der Waals surface area contributed by atoms with Crippen molar-refractivity contribution >= 4 is 11.8 Å². The van der Waals surface area contributed by atoms with Gasteiger partial charge in [0.05, 0.1) is 18.8 Å². The van der Waals surface area contributed by atoms with Crippen LogP contribution in [0.2, 0.25) is 0 Å². The van der Waals surface area contributed by atoms with E-state index in [0.29, 0.717) is 17.9 Å². The molecule has 2 heterocycles. The molecule has 0 unspecified atom stereocenters. The zero-order chi connectivity index (χ0) is 23.4. The fourth-order valence-electron chi connectivity index (χ4n) is 4.13. The van der Waals surface area contributed by atoms with E-state index in [9.17, 15) is 9.59 Å². The van der Waals surface area contributed by atoms with Crippen molar-refractivity contribution in [3.63, 3.8) is 0 Å². The Kier molecular flexibility index (Phi) is 6.40. The number of carbonyl (C=O) groups excluding carboxylic acids is 2. The summed E-state index contributed by atoms with van der Waals surface area (Å²) in [5.74, 6) is 0.917. The molecule has 2 amide bonds. The molecule has 1 fully saturated rings. The van der Waals surface area contributed by atoms with Gasteiger partial charge in [-0.05, 0) is 57.0 Å². The first-order valence-electron chi connectivity index (χ1n) is 11.0. The molecule has 4 rings (SSSR count). The van der Waals surface area contributed by atoms with Gasteiger partial charge >= 0.3 is 0 Å². The molecule has 1 atom stereocenters. The Morgan fingerprint density at radius 2 is 1.88 bits per heavy atom. The van der Waals surface area contributed by atoms with Gasteiger partial charge in [-0.3, -0.25) is 9.59 Å². The summed E-state index contributed by atoms with van der Waals surface area (Å²) in [7, 11) is 1.62. The number of likely N-dealkylation sites (tertiary alicyclic amines) is 1. The summed E-state index contributed by atoms with van der Waals surface area (Å²) in [4.78, 5) is 37.2. The molecule has 0 bridgehead atoms. The zero-order valence-corrected chi connectivity index (χ0v) is 19.1. The number of rotatable bonds is 6. The van der Waals surface area contributed by atoms with Crippen LogP contribution in [0.5, 0.6) is 5.75 Å². The van der Waals surface area contributed by atoms with Gasteiger partial charge in [-0.1, -0.05) is 30.3 Å². The molecule has 1 N–H and O–H groups in total. The van der Waals surface area contributed by atoms with E-state index in [-0.39, 0.29) is 17.9 Å². The second-order valence-electron chi connectivity index (χ2n) is 8.64. The summed E-state index contributed by atoms with van der Waals surface area (Å²) in [6.07, 6.45) is 3.40. The van der Waals surface area contributed by atoms with E-state index in [0.717, 1.165) is 29.8 Å². The first kappa shape index (κ1) is 22.5. The second kappa shape index (κ2) is 9.40. The van der Waals surface area contributed by atoms with Crippen LogP contribution in [-0.2, 0) is 4.79 Å². The highest BCUT2D eigenvalue weighted by Crippen LogP contribution is 2.33. The largest absolute Gasteiger partial charge is 0.497 e. The fraction of sp³-hybridized carbons (Fsp3) is 0.308. The lowest BCUT2D eigenvalue weighted by atomic mass is 10.0. The number of nitrogens with one attached hydrogen (secondary N) is 1. The number of aromatic nitrogens is 2. The molecule has 33 heavy (non-hydrogen) atoms. The van der Waals surface area contributed by atoms with Crippen molar-refractivity contribution in [2.45, 2.75) is 38.3 Å². The minimum absolute atomic E-state index is 0.129. The normalized spacial score (nSPS) is 15.8. The molecule has 7 heteroatoms. The minimum atomic E-state index is -1.06. The molecule has 0 spiro atoms. The Hall–Kier alpha value is -3.74. The van der Waals surface area contributed by atoms with E-state index < -0.39 is 5.54 Å². The SMILES string of the molecule is COc1cccc(-c2nccc([C@@H]3CCCN3C(=O)C(C)(C)NC(=O)c3ccccc3)n2)c1. The van der Waals surface area contributed by atoms with Crippen molar-refractivity contribution in [2.75, 3.05) is 13.7 Å². The number of amides is 2. The molecule has 1 saturated heterocycles. The van der Waals surface area contributed by atoms with Crippen LogP contribution in [0.1, 0.15) is 48.8 Å². The van der Waals surface area contributed by atoms with Crippen molar-refractivity contribution in [1.82, 2.24) is 20.2 Å². The molecule has 1 aliphatic heterocycles.